The molecule has 0 bridgehead atoms. The van der Waals surface area contributed by atoms with Gasteiger partial charge in [0.1, 0.15) is 24.7 Å². The molecule has 22 heavy (non-hydrogen) atoms. The number of aromatic nitrogens is 1. The fraction of sp³-hybridized carbons (Fsp3) is 0.105. The van der Waals surface area contributed by atoms with Crippen molar-refractivity contribution in [3.63, 3.8) is 0 Å². The van der Waals surface area contributed by atoms with Crippen LogP contribution in [0.3, 0.4) is 0 Å². The molecule has 0 atom stereocenters. The second-order valence-corrected chi connectivity index (χ2v) is 4.89. The van der Waals surface area contributed by atoms with Crippen LogP contribution >= 0.6 is 0 Å². The molecule has 0 N–H and O–H groups in total. The highest BCUT2D eigenvalue weighted by molar-refractivity contribution is 5.79. The minimum absolute atomic E-state index is 0.497. The lowest BCUT2D eigenvalue weighted by atomic mass is 10.2. The predicted molar refractivity (Wildman–Crippen MR) is 88.2 cm³/mol. The molecule has 0 unspecified atom stereocenters. The quantitative estimate of drug-likeness (QED) is 0.632. The van der Waals surface area contributed by atoms with Crippen LogP contribution in [0.4, 0.5) is 0 Å². The third kappa shape index (κ3) is 3.44. The summed E-state index contributed by atoms with van der Waals surface area (Å²) in [6.45, 7) is 4.64. The summed E-state index contributed by atoms with van der Waals surface area (Å²) in [5.74, 6) is 1.65. The molecule has 0 amide bonds. The van der Waals surface area contributed by atoms with Crippen molar-refractivity contribution in [2.45, 2.75) is 6.61 Å². The lowest BCUT2D eigenvalue weighted by molar-refractivity contribution is 0.304. The molecule has 1 heterocycles. The van der Waals surface area contributed by atoms with Crippen molar-refractivity contribution in [2.24, 2.45) is 0 Å². The Morgan fingerprint density at radius 2 is 1.86 bits per heavy atom. The van der Waals surface area contributed by atoms with Crippen LogP contribution in [-0.2, 0) is 6.61 Å². The molecule has 110 valence electrons. The molecular weight excluding hydrogens is 274 g/mol. The summed E-state index contributed by atoms with van der Waals surface area (Å²) in [6.07, 6.45) is 3.52. The summed E-state index contributed by atoms with van der Waals surface area (Å²) in [6, 6.07) is 17.7. The topological polar surface area (TPSA) is 31.4 Å². The maximum atomic E-state index is 5.86. The molecular formula is C19H17NO2. The number of hydrogen-bond acceptors (Lipinski definition) is 3. The summed E-state index contributed by atoms with van der Waals surface area (Å²) in [4.78, 5) is 4.30. The molecule has 0 aliphatic rings. The van der Waals surface area contributed by atoms with Gasteiger partial charge in [-0.15, -0.1) is 0 Å². The number of nitrogens with zero attached hydrogens (tertiary/aromatic N) is 1. The van der Waals surface area contributed by atoms with Crippen LogP contribution in [0.1, 0.15) is 5.56 Å². The lowest BCUT2D eigenvalue weighted by Gasteiger charge is -2.09. The summed E-state index contributed by atoms with van der Waals surface area (Å²) in [5.41, 5.74) is 2.03. The van der Waals surface area contributed by atoms with Crippen molar-refractivity contribution in [2.75, 3.05) is 6.61 Å². The predicted octanol–water partition coefficient (Wildman–Crippen LogP) is 4.38. The number of rotatable bonds is 6. The second kappa shape index (κ2) is 6.76. The molecule has 0 fully saturated rings. The largest absolute Gasteiger partial charge is 0.490 e. The monoisotopic (exact) mass is 291 g/mol. The Balaban J connectivity index is 1.69. The van der Waals surface area contributed by atoms with E-state index < -0.39 is 0 Å². The molecule has 0 aliphatic carbocycles. The molecule has 0 spiro atoms. The maximum absolute atomic E-state index is 5.86. The van der Waals surface area contributed by atoms with Gasteiger partial charge in [-0.2, -0.15) is 0 Å². The number of pyridine rings is 1. The van der Waals surface area contributed by atoms with Gasteiger partial charge in [-0.25, -0.2) is 0 Å². The zero-order valence-electron chi connectivity index (χ0n) is 12.2. The summed E-state index contributed by atoms with van der Waals surface area (Å²) in [7, 11) is 0. The Hall–Kier alpha value is -2.81. The third-order valence-electron chi connectivity index (χ3n) is 3.25. The summed E-state index contributed by atoms with van der Waals surface area (Å²) in [5, 5.41) is 1.07. The van der Waals surface area contributed by atoms with Gasteiger partial charge in [-0.3, -0.25) is 4.98 Å². The van der Waals surface area contributed by atoms with Gasteiger partial charge >= 0.3 is 0 Å². The summed E-state index contributed by atoms with van der Waals surface area (Å²) < 4.78 is 11.4. The first-order chi connectivity index (χ1) is 10.8. The fourth-order valence-corrected chi connectivity index (χ4v) is 2.19. The fourth-order valence-electron chi connectivity index (χ4n) is 2.19. The molecule has 2 aromatic carbocycles. The van der Waals surface area contributed by atoms with E-state index in [1.807, 2.05) is 54.6 Å². The van der Waals surface area contributed by atoms with Gasteiger partial charge in [0.15, 0.2) is 0 Å². The smallest absolute Gasteiger partial charge is 0.120 e. The van der Waals surface area contributed by atoms with E-state index in [-0.39, 0.29) is 0 Å². The van der Waals surface area contributed by atoms with E-state index in [2.05, 4.69) is 11.6 Å². The van der Waals surface area contributed by atoms with E-state index in [1.165, 1.54) is 0 Å². The van der Waals surface area contributed by atoms with Crippen molar-refractivity contribution >= 4 is 10.9 Å². The van der Waals surface area contributed by atoms with Gasteiger partial charge < -0.3 is 9.47 Å². The Morgan fingerprint density at radius 1 is 0.955 bits per heavy atom. The Bertz CT molecular complexity index is 783. The van der Waals surface area contributed by atoms with Crippen LogP contribution in [0.2, 0.25) is 0 Å². The number of fused-ring (bicyclic) bond motifs is 1. The molecule has 3 nitrogen and oxygen atoms in total. The van der Waals surface area contributed by atoms with E-state index in [1.54, 1.807) is 12.3 Å². The Labute approximate surface area is 129 Å². The first-order valence-corrected chi connectivity index (χ1v) is 7.15. The second-order valence-electron chi connectivity index (χ2n) is 4.89. The highest BCUT2D eigenvalue weighted by Gasteiger charge is 2.00. The van der Waals surface area contributed by atoms with E-state index in [4.69, 9.17) is 9.47 Å². The molecule has 0 saturated carbocycles. The van der Waals surface area contributed by atoms with Gasteiger partial charge in [0.25, 0.3) is 0 Å². The Kier molecular flexibility index (Phi) is 4.35. The third-order valence-corrected chi connectivity index (χ3v) is 3.25. The standard InChI is InChI=1S/C19H17NO2/c1-2-11-21-17-7-3-5-15(12-17)14-22-18-8-9-19-16(13-18)6-4-10-20-19/h2-10,12-13H,1,11,14H2. The first-order valence-electron chi connectivity index (χ1n) is 7.15. The molecule has 0 aliphatic heterocycles. The maximum Gasteiger partial charge on any atom is 0.120 e. The molecule has 0 radical (unpaired) electrons. The van der Waals surface area contributed by atoms with Crippen LogP contribution < -0.4 is 9.47 Å². The molecule has 3 aromatic rings. The van der Waals surface area contributed by atoms with Gasteiger partial charge in [0.05, 0.1) is 5.52 Å². The zero-order chi connectivity index (χ0) is 15.2. The lowest BCUT2D eigenvalue weighted by Crippen LogP contribution is -1.97. The average Bonchev–Trinajstić information content (AvgIpc) is 2.58. The van der Waals surface area contributed by atoms with E-state index >= 15 is 0 Å². The van der Waals surface area contributed by atoms with Crippen molar-refractivity contribution in [3.8, 4) is 11.5 Å². The minimum Gasteiger partial charge on any atom is -0.490 e. The van der Waals surface area contributed by atoms with Crippen molar-refractivity contribution in [1.29, 1.82) is 0 Å². The van der Waals surface area contributed by atoms with Crippen molar-refractivity contribution in [1.82, 2.24) is 4.98 Å². The van der Waals surface area contributed by atoms with E-state index in [0.717, 1.165) is 28.0 Å². The first kappa shape index (κ1) is 14.1. The van der Waals surface area contributed by atoms with Gasteiger partial charge in [0.2, 0.25) is 0 Å². The van der Waals surface area contributed by atoms with Gasteiger partial charge in [-0.05, 0) is 42.0 Å². The minimum atomic E-state index is 0.497. The highest BCUT2D eigenvalue weighted by Crippen LogP contribution is 2.21. The van der Waals surface area contributed by atoms with Crippen LogP contribution in [0.25, 0.3) is 10.9 Å². The Morgan fingerprint density at radius 3 is 2.77 bits per heavy atom. The average molecular weight is 291 g/mol. The van der Waals surface area contributed by atoms with Crippen LogP contribution in [-0.4, -0.2) is 11.6 Å². The van der Waals surface area contributed by atoms with E-state index in [0.29, 0.717) is 13.2 Å². The number of hydrogen-bond donors (Lipinski definition) is 0. The zero-order valence-corrected chi connectivity index (χ0v) is 12.2. The van der Waals surface area contributed by atoms with Crippen LogP contribution in [0.5, 0.6) is 11.5 Å². The van der Waals surface area contributed by atoms with Crippen molar-refractivity contribution in [3.05, 3.63) is 79.0 Å². The van der Waals surface area contributed by atoms with Crippen LogP contribution in [0, 0.1) is 0 Å². The molecule has 0 saturated heterocycles. The van der Waals surface area contributed by atoms with E-state index in [9.17, 15) is 0 Å². The number of ether oxygens (including phenoxy) is 2. The summed E-state index contributed by atoms with van der Waals surface area (Å²) >= 11 is 0. The molecule has 1 aromatic heterocycles. The van der Waals surface area contributed by atoms with Crippen molar-refractivity contribution < 1.29 is 9.47 Å². The molecule has 3 heteroatoms. The highest BCUT2D eigenvalue weighted by atomic mass is 16.5. The normalized spacial score (nSPS) is 10.4. The SMILES string of the molecule is C=CCOc1cccc(COc2ccc3ncccc3c2)c1. The van der Waals surface area contributed by atoms with Gasteiger partial charge in [-0.1, -0.05) is 30.9 Å². The van der Waals surface area contributed by atoms with Gasteiger partial charge in [0, 0.05) is 11.6 Å². The van der Waals surface area contributed by atoms with Crippen LogP contribution in [0.15, 0.2) is 73.4 Å². The molecule has 3 rings (SSSR count). The number of benzene rings is 2.